The Kier molecular flexibility index (Phi) is 3.88. The lowest BCUT2D eigenvalue weighted by Crippen LogP contribution is -2.41. The lowest BCUT2D eigenvalue weighted by atomic mass is 10.1. The molecule has 0 saturated heterocycles. The Morgan fingerprint density at radius 2 is 2.06 bits per heavy atom. The third-order valence-electron chi connectivity index (χ3n) is 2.84. The SMILES string of the molecule is Cc1noc(C)c1CC(=O)N(C)C(C)C(=O)O. The van der Waals surface area contributed by atoms with Crippen LogP contribution in [0.1, 0.15) is 23.9 Å². The second-order valence-electron chi connectivity index (χ2n) is 4.00. The number of likely N-dealkylation sites (N-methyl/N-ethyl adjacent to an activating group) is 1. The summed E-state index contributed by atoms with van der Waals surface area (Å²) in [5, 5.41) is 12.6. The zero-order chi connectivity index (χ0) is 13.2. The number of rotatable bonds is 4. The number of hydrogen-bond donors (Lipinski definition) is 1. The Balaban J connectivity index is 2.76. The first-order chi connectivity index (χ1) is 7.84. The van der Waals surface area contributed by atoms with Gasteiger partial charge in [-0.25, -0.2) is 4.79 Å². The summed E-state index contributed by atoms with van der Waals surface area (Å²) in [6.45, 7) is 4.94. The minimum absolute atomic E-state index is 0.106. The van der Waals surface area contributed by atoms with Gasteiger partial charge in [-0.05, 0) is 20.8 Å². The number of aryl methyl sites for hydroxylation is 2. The number of nitrogens with zero attached hydrogens (tertiary/aromatic N) is 2. The minimum atomic E-state index is -1.03. The summed E-state index contributed by atoms with van der Waals surface area (Å²) < 4.78 is 4.95. The first-order valence-corrected chi connectivity index (χ1v) is 5.24. The largest absolute Gasteiger partial charge is 0.480 e. The fourth-order valence-corrected chi connectivity index (χ4v) is 1.41. The van der Waals surface area contributed by atoms with E-state index in [1.807, 2.05) is 0 Å². The highest BCUT2D eigenvalue weighted by Gasteiger charge is 2.23. The molecule has 0 aliphatic rings. The third kappa shape index (κ3) is 2.83. The van der Waals surface area contributed by atoms with Crippen molar-refractivity contribution in [2.45, 2.75) is 33.2 Å². The maximum atomic E-state index is 11.9. The van der Waals surface area contributed by atoms with Gasteiger partial charge in [0.1, 0.15) is 11.8 Å². The molecule has 1 N–H and O–H groups in total. The van der Waals surface area contributed by atoms with Crippen molar-refractivity contribution in [3.63, 3.8) is 0 Å². The molecule has 1 aromatic heterocycles. The van der Waals surface area contributed by atoms with Gasteiger partial charge < -0.3 is 14.5 Å². The number of carbonyl (C=O) groups is 2. The highest BCUT2D eigenvalue weighted by molar-refractivity contribution is 5.84. The van der Waals surface area contributed by atoms with Gasteiger partial charge in [0.15, 0.2) is 0 Å². The highest BCUT2D eigenvalue weighted by Crippen LogP contribution is 2.14. The van der Waals surface area contributed by atoms with Gasteiger partial charge in [0.25, 0.3) is 0 Å². The van der Waals surface area contributed by atoms with E-state index in [4.69, 9.17) is 9.63 Å². The minimum Gasteiger partial charge on any atom is -0.480 e. The van der Waals surface area contributed by atoms with Crippen LogP contribution < -0.4 is 0 Å². The van der Waals surface area contributed by atoms with E-state index in [-0.39, 0.29) is 12.3 Å². The van der Waals surface area contributed by atoms with Gasteiger partial charge >= 0.3 is 5.97 Å². The Labute approximate surface area is 99.2 Å². The number of aromatic nitrogens is 1. The Morgan fingerprint density at radius 1 is 1.47 bits per heavy atom. The van der Waals surface area contributed by atoms with Crippen molar-refractivity contribution < 1.29 is 19.2 Å². The molecule has 0 fully saturated rings. The summed E-state index contributed by atoms with van der Waals surface area (Å²) in [6.07, 6.45) is 0.106. The van der Waals surface area contributed by atoms with Crippen molar-refractivity contribution in [1.29, 1.82) is 0 Å². The van der Waals surface area contributed by atoms with Gasteiger partial charge in [-0.3, -0.25) is 4.79 Å². The average molecular weight is 240 g/mol. The van der Waals surface area contributed by atoms with E-state index in [0.29, 0.717) is 11.5 Å². The van der Waals surface area contributed by atoms with E-state index >= 15 is 0 Å². The smallest absolute Gasteiger partial charge is 0.326 e. The van der Waals surface area contributed by atoms with Gasteiger partial charge in [0, 0.05) is 12.6 Å². The summed E-state index contributed by atoms with van der Waals surface area (Å²) in [4.78, 5) is 23.8. The summed E-state index contributed by atoms with van der Waals surface area (Å²) in [5.41, 5.74) is 1.38. The molecule has 1 aromatic rings. The molecule has 1 atom stereocenters. The first kappa shape index (κ1) is 13.2. The van der Waals surface area contributed by atoms with Crippen LogP contribution >= 0.6 is 0 Å². The molecule has 0 aliphatic carbocycles. The van der Waals surface area contributed by atoms with Crippen LogP contribution in [0.5, 0.6) is 0 Å². The summed E-state index contributed by atoms with van der Waals surface area (Å²) in [7, 11) is 1.47. The van der Waals surface area contributed by atoms with Gasteiger partial charge in [-0.2, -0.15) is 0 Å². The molecule has 0 spiro atoms. The number of aliphatic carboxylic acids is 1. The molecule has 94 valence electrons. The van der Waals surface area contributed by atoms with Crippen LogP contribution in [0.4, 0.5) is 0 Å². The molecule has 1 heterocycles. The number of carboxylic acids is 1. The van der Waals surface area contributed by atoms with Crippen LogP contribution in [0.3, 0.4) is 0 Å². The number of carboxylic acid groups (broad SMARTS) is 1. The molecule has 0 radical (unpaired) electrons. The van der Waals surface area contributed by atoms with Crippen molar-refractivity contribution >= 4 is 11.9 Å². The standard InChI is InChI=1S/C11H16N2O4/c1-6-9(8(3)17-12-6)5-10(14)13(4)7(2)11(15)16/h7H,5H2,1-4H3,(H,15,16). The second kappa shape index (κ2) is 4.99. The van der Waals surface area contributed by atoms with Crippen molar-refractivity contribution in [3.8, 4) is 0 Å². The maximum Gasteiger partial charge on any atom is 0.326 e. The van der Waals surface area contributed by atoms with Crippen molar-refractivity contribution in [2.24, 2.45) is 0 Å². The predicted octanol–water partition coefficient (Wildman–Crippen LogP) is 0.765. The first-order valence-electron chi connectivity index (χ1n) is 5.24. The highest BCUT2D eigenvalue weighted by atomic mass is 16.5. The fourth-order valence-electron chi connectivity index (χ4n) is 1.41. The van der Waals surface area contributed by atoms with Crippen LogP contribution in [-0.2, 0) is 16.0 Å². The van der Waals surface area contributed by atoms with E-state index in [0.717, 1.165) is 5.56 Å². The Hall–Kier alpha value is -1.85. The van der Waals surface area contributed by atoms with Crippen LogP contribution in [0, 0.1) is 13.8 Å². The molecule has 1 unspecified atom stereocenters. The molecule has 0 aromatic carbocycles. The van der Waals surface area contributed by atoms with Crippen LogP contribution in [0.2, 0.25) is 0 Å². The molecule has 0 saturated carbocycles. The number of amides is 1. The number of carbonyl (C=O) groups excluding carboxylic acids is 1. The zero-order valence-corrected chi connectivity index (χ0v) is 10.4. The quantitative estimate of drug-likeness (QED) is 0.840. The molecule has 6 nitrogen and oxygen atoms in total. The fraction of sp³-hybridized carbons (Fsp3) is 0.545. The third-order valence-corrected chi connectivity index (χ3v) is 2.84. The second-order valence-corrected chi connectivity index (χ2v) is 4.00. The van der Waals surface area contributed by atoms with Crippen LogP contribution in [0.25, 0.3) is 0 Å². The molecule has 1 rings (SSSR count). The molecular formula is C11H16N2O4. The predicted molar refractivity (Wildman–Crippen MR) is 59.5 cm³/mol. The molecule has 0 bridgehead atoms. The molecule has 1 amide bonds. The maximum absolute atomic E-state index is 11.9. The van der Waals surface area contributed by atoms with Crippen molar-refractivity contribution in [1.82, 2.24) is 10.1 Å². The van der Waals surface area contributed by atoms with Gasteiger partial charge in [0.2, 0.25) is 5.91 Å². The topological polar surface area (TPSA) is 83.6 Å². The number of hydrogen-bond acceptors (Lipinski definition) is 4. The van der Waals surface area contributed by atoms with Crippen molar-refractivity contribution in [2.75, 3.05) is 7.05 Å². The molecule has 0 aliphatic heterocycles. The Bertz CT molecular complexity index is 419. The van der Waals surface area contributed by atoms with Gasteiger partial charge in [0.05, 0.1) is 12.1 Å². The van der Waals surface area contributed by atoms with E-state index in [2.05, 4.69) is 5.16 Å². The average Bonchev–Trinajstić information content (AvgIpc) is 2.58. The lowest BCUT2D eigenvalue weighted by Gasteiger charge is -2.21. The zero-order valence-electron chi connectivity index (χ0n) is 10.4. The normalized spacial score (nSPS) is 12.2. The summed E-state index contributed by atoms with van der Waals surface area (Å²) in [6, 6.07) is -0.844. The molecule has 17 heavy (non-hydrogen) atoms. The molecule has 6 heteroatoms. The monoisotopic (exact) mass is 240 g/mol. The van der Waals surface area contributed by atoms with Crippen LogP contribution in [-0.4, -0.2) is 40.1 Å². The van der Waals surface area contributed by atoms with E-state index in [9.17, 15) is 9.59 Å². The van der Waals surface area contributed by atoms with E-state index < -0.39 is 12.0 Å². The van der Waals surface area contributed by atoms with E-state index in [1.54, 1.807) is 13.8 Å². The Morgan fingerprint density at radius 3 is 2.47 bits per heavy atom. The summed E-state index contributed by atoms with van der Waals surface area (Å²) in [5.74, 6) is -0.707. The molecular weight excluding hydrogens is 224 g/mol. The van der Waals surface area contributed by atoms with Crippen LogP contribution in [0.15, 0.2) is 4.52 Å². The van der Waals surface area contributed by atoms with E-state index in [1.165, 1.54) is 18.9 Å². The summed E-state index contributed by atoms with van der Waals surface area (Å²) >= 11 is 0. The lowest BCUT2D eigenvalue weighted by molar-refractivity contribution is -0.148. The van der Waals surface area contributed by atoms with Gasteiger partial charge in [-0.15, -0.1) is 0 Å². The van der Waals surface area contributed by atoms with Gasteiger partial charge in [-0.1, -0.05) is 5.16 Å². The van der Waals surface area contributed by atoms with Crippen molar-refractivity contribution in [3.05, 3.63) is 17.0 Å².